The summed E-state index contributed by atoms with van der Waals surface area (Å²) < 4.78 is 0. The van der Waals surface area contributed by atoms with Gasteiger partial charge in [0.05, 0.1) is 37.7 Å². The highest BCUT2D eigenvalue weighted by atomic mass is 32.1. The third kappa shape index (κ3) is 19.6. The van der Waals surface area contributed by atoms with E-state index in [-0.39, 0.29) is 42.2 Å². The molecule has 0 aliphatic heterocycles. The number of carbonyl (C=O) groups is 11. The van der Waals surface area contributed by atoms with E-state index in [1.165, 1.54) is 30.5 Å². The first-order valence-electron chi connectivity index (χ1n) is 21.3. The number of thiol groups is 1. The van der Waals surface area contributed by atoms with Crippen LogP contribution >= 0.6 is 12.6 Å². The number of benzene rings is 1. The molecule has 73 heavy (non-hydrogen) atoms. The number of hydrogen-bond acceptors (Lipinski definition) is 19. The van der Waals surface area contributed by atoms with E-state index in [2.05, 4.69) is 59.1 Å². The smallest absolute Gasteiger partial charge is 0.327 e. The maximum Gasteiger partial charge on any atom is 0.327 e. The first kappa shape index (κ1) is 58.1. The normalized spacial score (nSPS) is 13.2. The fourth-order valence-electron chi connectivity index (χ4n) is 6.25. The third-order valence-corrected chi connectivity index (χ3v) is 10.2. The predicted octanol–water partition coefficient (Wildman–Crippen LogP) is -5.00. The zero-order valence-corrected chi connectivity index (χ0v) is 38.9. The molecule has 0 saturated heterocycles. The van der Waals surface area contributed by atoms with Crippen LogP contribution in [-0.2, 0) is 54.5 Å². The van der Waals surface area contributed by atoms with Crippen LogP contribution in [0.4, 0.5) is 11.6 Å². The monoisotopic (exact) mass is 1050 g/mol. The number of carboxylic acids is 5. The van der Waals surface area contributed by atoms with Crippen molar-refractivity contribution >= 4 is 107 Å². The molecule has 0 bridgehead atoms. The van der Waals surface area contributed by atoms with Crippen molar-refractivity contribution in [1.29, 1.82) is 5.41 Å². The van der Waals surface area contributed by atoms with Gasteiger partial charge < -0.3 is 79.5 Å². The number of nitrogens with two attached hydrogens (primary N) is 2. The summed E-state index contributed by atoms with van der Waals surface area (Å²) in [6.45, 7) is -0.0194. The molecule has 0 radical (unpaired) electrons. The topological polar surface area (TPSA) is 533 Å². The van der Waals surface area contributed by atoms with Gasteiger partial charge in [-0.05, 0) is 43.5 Å². The van der Waals surface area contributed by atoms with Gasteiger partial charge >= 0.3 is 29.8 Å². The van der Waals surface area contributed by atoms with Crippen molar-refractivity contribution in [2.45, 2.75) is 87.7 Å². The van der Waals surface area contributed by atoms with Crippen molar-refractivity contribution in [2.24, 2.45) is 5.73 Å². The Morgan fingerprint density at radius 3 is 1.68 bits per heavy atom. The van der Waals surface area contributed by atoms with Crippen molar-refractivity contribution in [3.8, 4) is 0 Å². The number of nitrogen functional groups attached to an aromatic ring is 1. The Kier molecular flexibility index (Phi) is 22.2. The number of carboxylic acid groups (broad SMARTS) is 5. The number of rotatable bonds is 30. The maximum atomic E-state index is 13.7. The number of aromatic nitrogens is 4. The van der Waals surface area contributed by atoms with Crippen molar-refractivity contribution in [2.75, 3.05) is 23.3 Å². The van der Waals surface area contributed by atoms with Gasteiger partial charge in [-0.15, -0.1) is 0 Å². The number of aliphatic carboxylic acids is 5. The Bertz CT molecular complexity index is 2650. The van der Waals surface area contributed by atoms with E-state index in [1.54, 1.807) is 0 Å². The Morgan fingerprint density at radius 1 is 0.671 bits per heavy atom. The molecule has 0 aliphatic rings. The van der Waals surface area contributed by atoms with Crippen LogP contribution < -0.4 is 59.6 Å². The molecule has 0 fully saturated rings. The maximum absolute atomic E-state index is 13.7. The van der Waals surface area contributed by atoms with Gasteiger partial charge in [0.25, 0.3) is 11.5 Å². The van der Waals surface area contributed by atoms with Gasteiger partial charge in [0.2, 0.25) is 35.5 Å². The van der Waals surface area contributed by atoms with Crippen LogP contribution in [-0.4, -0.2) is 165 Å². The van der Waals surface area contributed by atoms with E-state index in [0.29, 0.717) is 11.4 Å². The Hall–Kier alpha value is -9.17. The zero-order chi connectivity index (χ0) is 54.5. The highest BCUT2D eigenvalue weighted by Gasteiger charge is 2.35. The second-order valence-corrected chi connectivity index (χ2v) is 15.8. The molecule has 0 unspecified atom stereocenters. The van der Waals surface area contributed by atoms with Crippen molar-refractivity contribution in [3.63, 3.8) is 0 Å². The van der Waals surface area contributed by atoms with Crippen molar-refractivity contribution in [3.05, 3.63) is 52.1 Å². The fourth-order valence-corrected chi connectivity index (χ4v) is 6.50. The number of H-pyrrole nitrogens is 1. The highest BCUT2D eigenvalue weighted by Crippen LogP contribution is 2.13. The quantitative estimate of drug-likeness (QED) is 0.0129. The molecule has 0 saturated carbocycles. The van der Waals surface area contributed by atoms with Gasteiger partial charge in [-0.25, -0.2) is 19.6 Å². The standard InChI is InChI=1S/C40H51N15O17S/c41-39(42)44-9-1-2-19(32(64)51-22(11-27(59)60)34(66)52-23(12-28(61)62)35(67)53-24(15-73)38(71)72)49-33(65)21(10-26(57)58)48-25(56)8-7-20(37(69)70)50-31(63)16-3-5-17(6-4-16)45-13-18-14-46-30-29(47-18)36(68)55-40(43)54-30/h3-6,14,19-24,45,73H,1-2,7-13,15H2,(H,48,56)(H,49,65)(H,50,63)(H,51,64)(H,52,66)(H,53,67)(H,57,58)(H,59,60)(H,61,62)(H,69,70)(H,71,72)(H4,41,42,44)(H3,43,46,54,55,68)/t19-,20+,21+,22-,23+,24+/m1/s1. The minimum atomic E-state index is -2.10. The van der Waals surface area contributed by atoms with E-state index >= 15 is 0 Å². The molecule has 0 spiro atoms. The third-order valence-electron chi connectivity index (χ3n) is 9.84. The summed E-state index contributed by atoms with van der Waals surface area (Å²) in [6, 6.07) is -5.54. The Balaban J connectivity index is 1.70. The van der Waals surface area contributed by atoms with Crippen LogP contribution in [0.25, 0.3) is 11.2 Å². The highest BCUT2D eigenvalue weighted by molar-refractivity contribution is 7.80. The number of hydrogen-bond donors (Lipinski definition) is 18. The molecular formula is C40H51N15O17S. The molecule has 0 aliphatic carbocycles. The number of fused-ring (bicyclic) bond motifs is 1. The molecule has 6 atom stereocenters. The predicted molar refractivity (Wildman–Crippen MR) is 251 cm³/mol. The Morgan fingerprint density at radius 2 is 1.18 bits per heavy atom. The molecule has 32 nitrogen and oxygen atoms in total. The van der Waals surface area contributed by atoms with Crippen molar-refractivity contribution in [1.82, 2.24) is 57.2 Å². The first-order valence-corrected chi connectivity index (χ1v) is 22.0. The Labute approximate surface area is 415 Å². The van der Waals surface area contributed by atoms with Gasteiger partial charge in [0.15, 0.2) is 17.1 Å². The minimum Gasteiger partial charge on any atom is -0.481 e. The largest absolute Gasteiger partial charge is 0.481 e. The molecule has 3 aromatic rings. The van der Waals surface area contributed by atoms with Crippen LogP contribution in [0.1, 0.15) is 61.0 Å². The number of nitrogens with zero attached hydrogens (tertiary/aromatic N) is 3. The van der Waals surface area contributed by atoms with E-state index < -0.39 is 157 Å². The van der Waals surface area contributed by atoms with Crippen molar-refractivity contribution < 1.29 is 78.3 Å². The summed E-state index contributed by atoms with van der Waals surface area (Å²) in [4.78, 5) is 165. The summed E-state index contributed by atoms with van der Waals surface area (Å²) in [5.74, 6) is -16.6. The number of guanidine groups is 1. The van der Waals surface area contributed by atoms with E-state index in [0.717, 1.165) is 0 Å². The average molecular weight is 1050 g/mol. The lowest BCUT2D eigenvalue weighted by Crippen LogP contribution is -2.59. The summed E-state index contributed by atoms with van der Waals surface area (Å²) in [6.07, 6.45) is -3.88. The van der Waals surface area contributed by atoms with Gasteiger partial charge in [0, 0.05) is 30.0 Å². The molecule has 1 aromatic carbocycles. The van der Waals surface area contributed by atoms with Gasteiger partial charge in [0.1, 0.15) is 36.3 Å². The van der Waals surface area contributed by atoms with Gasteiger partial charge in [-0.1, -0.05) is 0 Å². The number of aromatic amines is 1. The lowest BCUT2D eigenvalue weighted by atomic mass is 10.1. The number of nitrogens with one attached hydrogen (secondary N) is 10. The fraction of sp³-hybridized carbons (Fsp3) is 0.400. The van der Waals surface area contributed by atoms with Gasteiger partial charge in [-0.2, -0.15) is 17.6 Å². The number of carbonyl (C=O) groups excluding carboxylic acids is 6. The van der Waals surface area contributed by atoms with Gasteiger partial charge in [-0.3, -0.25) is 58.3 Å². The summed E-state index contributed by atoms with van der Waals surface area (Å²) in [5.41, 5.74) is 11.0. The molecule has 2 heterocycles. The lowest BCUT2D eigenvalue weighted by molar-refractivity contribution is -0.144. The summed E-state index contributed by atoms with van der Waals surface area (Å²) in [5, 5.41) is 72.8. The lowest BCUT2D eigenvalue weighted by Gasteiger charge is -2.26. The minimum absolute atomic E-state index is 0.00363. The van der Waals surface area contributed by atoms with Crippen LogP contribution in [0.2, 0.25) is 0 Å². The van der Waals surface area contributed by atoms with Crippen LogP contribution in [0, 0.1) is 5.41 Å². The number of amides is 6. The summed E-state index contributed by atoms with van der Waals surface area (Å²) >= 11 is 3.78. The van der Waals surface area contributed by atoms with Crippen LogP contribution in [0.5, 0.6) is 0 Å². The molecule has 3 rings (SSSR count). The second-order valence-electron chi connectivity index (χ2n) is 15.5. The first-order chi connectivity index (χ1) is 34.4. The van der Waals surface area contributed by atoms with Crippen LogP contribution in [0.3, 0.4) is 0 Å². The second kappa shape index (κ2) is 27.9. The molecule has 6 amide bonds. The van der Waals surface area contributed by atoms with E-state index in [4.69, 9.17) is 16.9 Å². The average Bonchev–Trinajstić information content (AvgIpc) is 3.30. The molecule has 2 aromatic heterocycles. The zero-order valence-electron chi connectivity index (χ0n) is 38.0. The number of anilines is 2. The van der Waals surface area contributed by atoms with Crippen LogP contribution in [0.15, 0.2) is 35.3 Å². The van der Waals surface area contributed by atoms with E-state index in [1.807, 2.05) is 16.0 Å². The van der Waals surface area contributed by atoms with E-state index in [9.17, 15) is 83.1 Å². The summed E-state index contributed by atoms with van der Waals surface area (Å²) in [7, 11) is 0. The molecular weight excluding hydrogens is 995 g/mol. The SMILES string of the molecule is N=C(N)NCCC[C@@H](NC(=O)[C@H](CC(=O)O)NC(=O)CC[C@H](NC(=O)c1ccc(NCc2cnc3nc(N)[nH]c(=O)c3n2)cc1)C(=O)O)C(=O)N[C@H](CC(=O)O)C(=O)N[C@@H](CC(=O)O)C(=O)N[C@@H](CS)C(=O)O. The molecule has 33 heteroatoms. The molecule has 19 N–H and O–H groups in total. The molecule has 394 valence electrons.